The molecule has 0 bridgehead atoms. The van der Waals surface area contributed by atoms with Gasteiger partial charge in [0.1, 0.15) is 23.2 Å². The SMILES string of the molecule is CCc1nc(Nc2cc(Cl)ccc2Oc2ccccc2)cc(N2CCN(C(C)C)c3ccccc32)n1. The van der Waals surface area contributed by atoms with Gasteiger partial charge in [-0.1, -0.05) is 48.9 Å². The fourth-order valence-electron chi connectivity index (χ4n) is 4.44. The highest BCUT2D eigenvalue weighted by molar-refractivity contribution is 6.31. The van der Waals surface area contributed by atoms with Gasteiger partial charge < -0.3 is 19.9 Å². The number of benzene rings is 3. The Morgan fingerprint density at radius 2 is 1.67 bits per heavy atom. The number of ether oxygens (including phenoxy) is 1. The number of halogens is 1. The van der Waals surface area contributed by atoms with E-state index in [2.05, 4.69) is 60.2 Å². The van der Waals surface area contributed by atoms with Gasteiger partial charge in [-0.25, -0.2) is 9.97 Å². The zero-order valence-electron chi connectivity index (χ0n) is 20.8. The molecule has 0 saturated heterocycles. The molecule has 7 heteroatoms. The first-order chi connectivity index (χ1) is 17.5. The lowest BCUT2D eigenvalue weighted by Crippen LogP contribution is -2.42. The van der Waals surface area contributed by atoms with Crippen LogP contribution in [0, 0.1) is 0 Å². The van der Waals surface area contributed by atoms with E-state index < -0.39 is 0 Å². The number of nitrogens with one attached hydrogen (secondary N) is 1. The topological polar surface area (TPSA) is 53.5 Å². The van der Waals surface area contributed by atoms with Gasteiger partial charge in [0.25, 0.3) is 0 Å². The Hall–Kier alpha value is -3.77. The minimum absolute atomic E-state index is 0.424. The summed E-state index contributed by atoms with van der Waals surface area (Å²) >= 11 is 6.35. The summed E-state index contributed by atoms with van der Waals surface area (Å²) in [4.78, 5) is 14.4. The third-order valence-electron chi connectivity index (χ3n) is 6.20. The molecule has 1 N–H and O–H groups in total. The van der Waals surface area contributed by atoms with Crippen LogP contribution in [0.3, 0.4) is 0 Å². The van der Waals surface area contributed by atoms with E-state index in [0.29, 0.717) is 22.6 Å². The third kappa shape index (κ3) is 5.09. The van der Waals surface area contributed by atoms with Gasteiger partial charge in [-0.3, -0.25) is 0 Å². The summed E-state index contributed by atoms with van der Waals surface area (Å²) in [6.45, 7) is 8.29. The van der Waals surface area contributed by atoms with Crippen LogP contribution in [0.1, 0.15) is 26.6 Å². The molecule has 0 atom stereocenters. The predicted octanol–water partition coefficient (Wildman–Crippen LogP) is 7.59. The number of nitrogens with zero attached hydrogens (tertiary/aromatic N) is 4. The van der Waals surface area contributed by atoms with Crippen molar-refractivity contribution < 1.29 is 4.74 Å². The first-order valence-electron chi connectivity index (χ1n) is 12.3. The molecular weight excluding hydrogens is 470 g/mol. The van der Waals surface area contributed by atoms with Crippen molar-refractivity contribution in [3.63, 3.8) is 0 Å². The van der Waals surface area contributed by atoms with Crippen LogP contribution >= 0.6 is 11.6 Å². The van der Waals surface area contributed by atoms with Crippen molar-refractivity contribution >= 4 is 40.3 Å². The van der Waals surface area contributed by atoms with Crippen molar-refractivity contribution in [3.05, 3.63) is 89.7 Å². The van der Waals surface area contributed by atoms with Crippen LogP contribution in [0.25, 0.3) is 0 Å². The molecule has 36 heavy (non-hydrogen) atoms. The van der Waals surface area contributed by atoms with E-state index in [1.54, 1.807) is 0 Å². The van der Waals surface area contributed by atoms with E-state index in [1.165, 1.54) is 5.69 Å². The lowest BCUT2D eigenvalue weighted by molar-refractivity contribution is 0.485. The van der Waals surface area contributed by atoms with Crippen LogP contribution in [0.5, 0.6) is 11.5 Å². The monoisotopic (exact) mass is 499 g/mol. The number of rotatable bonds is 7. The van der Waals surface area contributed by atoms with Gasteiger partial charge in [0.05, 0.1) is 17.1 Å². The zero-order chi connectivity index (χ0) is 25.1. The highest BCUT2D eigenvalue weighted by atomic mass is 35.5. The highest BCUT2D eigenvalue weighted by Gasteiger charge is 2.26. The summed E-state index contributed by atoms with van der Waals surface area (Å²) in [5.41, 5.74) is 3.11. The number of hydrogen-bond donors (Lipinski definition) is 1. The summed E-state index contributed by atoms with van der Waals surface area (Å²) in [6, 6.07) is 26.2. The highest BCUT2D eigenvalue weighted by Crippen LogP contribution is 2.39. The molecule has 184 valence electrons. The molecule has 0 aliphatic carbocycles. The maximum atomic E-state index is 6.35. The Bertz CT molecular complexity index is 1340. The average molecular weight is 500 g/mol. The van der Waals surface area contributed by atoms with Crippen molar-refractivity contribution in [2.45, 2.75) is 33.2 Å². The molecule has 6 nitrogen and oxygen atoms in total. The zero-order valence-corrected chi connectivity index (χ0v) is 21.5. The number of para-hydroxylation sites is 3. The second-order valence-corrected chi connectivity index (χ2v) is 9.43. The van der Waals surface area contributed by atoms with Gasteiger partial charge in [0.2, 0.25) is 0 Å². The van der Waals surface area contributed by atoms with E-state index in [4.69, 9.17) is 26.3 Å². The first-order valence-corrected chi connectivity index (χ1v) is 12.7. The molecule has 0 saturated carbocycles. The van der Waals surface area contributed by atoms with Crippen molar-refractivity contribution in [2.24, 2.45) is 0 Å². The van der Waals surface area contributed by atoms with E-state index in [0.717, 1.165) is 48.3 Å². The van der Waals surface area contributed by atoms with E-state index >= 15 is 0 Å². The fourth-order valence-corrected chi connectivity index (χ4v) is 4.62. The van der Waals surface area contributed by atoms with Crippen LogP contribution in [0.15, 0.2) is 78.9 Å². The Labute approximate surface area is 217 Å². The van der Waals surface area contributed by atoms with E-state index in [-0.39, 0.29) is 0 Å². The normalized spacial score (nSPS) is 13.0. The average Bonchev–Trinajstić information content (AvgIpc) is 2.90. The van der Waals surface area contributed by atoms with Crippen molar-refractivity contribution in [2.75, 3.05) is 28.2 Å². The second kappa shape index (κ2) is 10.5. The third-order valence-corrected chi connectivity index (χ3v) is 6.43. The predicted molar refractivity (Wildman–Crippen MR) is 149 cm³/mol. The molecule has 0 unspecified atom stereocenters. The molecule has 3 aromatic carbocycles. The molecular formula is C29H30ClN5O. The molecule has 1 aromatic heterocycles. The fraction of sp³-hybridized carbons (Fsp3) is 0.241. The molecule has 0 fully saturated rings. The van der Waals surface area contributed by atoms with Crippen LogP contribution in [0.2, 0.25) is 5.02 Å². The van der Waals surface area contributed by atoms with Crippen LogP contribution in [-0.4, -0.2) is 29.1 Å². The lowest BCUT2D eigenvalue weighted by atomic mass is 10.1. The molecule has 0 radical (unpaired) electrons. The van der Waals surface area contributed by atoms with Gasteiger partial charge in [0, 0.05) is 36.6 Å². The smallest absolute Gasteiger partial charge is 0.151 e. The Morgan fingerprint density at radius 1 is 0.917 bits per heavy atom. The number of fused-ring (bicyclic) bond motifs is 1. The second-order valence-electron chi connectivity index (χ2n) is 8.99. The maximum absolute atomic E-state index is 6.35. The van der Waals surface area contributed by atoms with Gasteiger partial charge >= 0.3 is 0 Å². The molecule has 4 aromatic rings. The Morgan fingerprint density at radius 3 is 2.42 bits per heavy atom. The maximum Gasteiger partial charge on any atom is 0.151 e. The first kappa shape index (κ1) is 23.9. The summed E-state index contributed by atoms with van der Waals surface area (Å²) in [5.74, 6) is 3.75. The molecule has 0 spiro atoms. The largest absolute Gasteiger partial charge is 0.455 e. The van der Waals surface area contributed by atoms with Gasteiger partial charge in [0.15, 0.2) is 5.75 Å². The Kier molecular flexibility index (Phi) is 6.96. The van der Waals surface area contributed by atoms with Crippen LogP contribution in [0.4, 0.5) is 28.7 Å². The van der Waals surface area contributed by atoms with Gasteiger partial charge in [-0.2, -0.15) is 0 Å². The molecule has 5 rings (SSSR count). The lowest BCUT2D eigenvalue weighted by Gasteiger charge is -2.40. The Balaban J connectivity index is 1.50. The molecule has 1 aliphatic rings. The van der Waals surface area contributed by atoms with Crippen LogP contribution in [-0.2, 0) is 6.42 Å². The minimum Gasteiger partial charge on any atom is -0.455 e. The number of hydrogen-bond acceptors (Lipinski definition) is 6. The number of aryl methyl sites for hydroxylation is 1. The van der Waals surface area contributed by atoms with Gasteiger partial charge in [-0.15, -0.1) is 0 Å². The minimum atomic E-state index is 0.424. The van der Waals surface area contributed by atoms with Gasteiger partial charge in [-0.05, 0) is 56.3 Å². The number of anilines is 5. The molecule has 0 amide bonds. The van der Waals surface area contributed by atoms with E-state index in [1.807, 2.05) is 54.6 Å². The number of aromatic nitrogens is 2. The summed E-state index contributed by atoms with van der Waals surface area (Å²) in [6.07, 6.45) is 0.721. The van der Waals surface area contributed by atoms with Crippen molar-refractivity contribution in [1.82, 2.24) is 9.97 Å². The molecule has 2 heterocycles. The summed E-state index contributed by atoms with van der Waals surface area (Å²) in [7, 11) is 0. The van der Waals surface area contributed by atoms with Crippen LogP contribution < -0.4 is 19.9 Å². The standard InChI is InChI=1S/C29H30ClN5O/c1-4-27-32-28(31-23-18-21(30)14-15-26(23)36-22-10-6-5-7-11-22)19-29(33-27)35-17-16-34(20(2)3)24-12-8-9-13-25(24)35/h5-15,18-20H,4,16-17H2,1-3H3,(H,31,32,33). The summed E-state index contributed by atoms with van der Waals surface area (Å²) < 4.78 is 6.14. The van der Waals surface area contributed by atoms with E-state index in [9.17, 15) is 0 Å². The van der Waals surface area contributed by atoms with Crippen molar-refractivity contribution in [1.29, 1.82) is 0 Å². The molecule has 1 aliphatic heterocycles. The van der Waals surface area contributed by atoms with Crippen molar-refractivity contribution in [3.8, 4) is 11.5 Å². The summed E-state index contributed by atoms with van der Waals surface area (Å²) in [5, 5.41) is 4.05. The quantitative estimate of drug-likeness (QED) is 0.282.